The first-order valence-corrected chi connectivity index (χ1v) is 9.41. The van der Waals surface area contributed by atoms with Crippen molar-refractivity contribution >= 4 is 11.6 Å². The molecule has 1 saturated carbocycles. The Bertz CT molecular complexity index is 804. The molecule has 6 nitrogen and oxygen atoms in total. The lowest BCUT2D eigenvalue weighted by molar-refractivity contribution is -0.118. The number of aromatic nitrogens is 1. The van der Waals surface area contributed by atoms with Crippen LogP contribution >= 0.6 is 0 Å². The van der Waals surface area contributed by atoms with Crippen LogP contribution in [0.3, 0.4) is 0 Å². The van der Waals surface area contributed by atoms with Gasteiger partial charge in [-0.1, -0.05) is 6.07 Å². The summed E-state index contributed by atoms with van der Waals surface area (Å²) in [6.45, 7) is 2.41. The molecule has 2 fully saturated rings. The Balaban J connectivity index is 1.41. The first-order valence-electron chi connectivity index (χ1n) is 9.41. The Morgan fingerprint density at radius 3 is 2.89 bits per heavy atom. The highest BCUT2D eigenvalue weighted by Crippen LogP contribution is 2.58. The van der Waals surface area contributed by atoms with Crippen molar-refractivity contribution in [2.45, 2.75) is 25.9 Å². The molecule has 2 heterocycles. The number of methoxy groups -OCH3 is 1. The van der Waals surface area contributed by atoms with Gasteiger partial charge < -0.3 is 20.1 Å². The zero-order valence-electron chi connectivity index (χ0n) is 15.5. The van der Waals surface area contributed by atoms with E-state index in [1.807, 2.05) is 30.3 Å². The lowest BCUT2D eigenvalue weighted by Gasteiger charge is -2.23. The van der Waals surface area contributed by atoms with Gasteiger partial charge in [0.25, 0.3) is 0 Å². The highest BCUT2D eigenvalue weighted by atomic mass is 16.5. The van der Waals surface area contributed by atoms with Gasteiger partial charge in [-0.2, -0.15) is 0 Å². The molecule has 1 aliphatic heterocycles. The summed E-state index contributed by atoms with van der Waals surface area (Å²) >= 11 is 0. The van der Waals surface area contributed by atoms with Crippen molar-refractivity contribution < 1.29 is 14.3 Å². The number of benzene rings is 1. The Kier molecular flexibility index (Phi) is 4.99. The largest absolute Gasteiger partial charge is 0.493 e. The molecule has 1 amide bonds. The van der Waals surface area contributed by atoms with Crippen LogP contribution in [0.2, 0.25) is 0 Å². The van der Waals surface area contributed by atoms with Gasteiger partial charge in [0.1, 0.15) is 6.61 Å². The lowest BCUT2D eigenvalue weighted by Crippen LogP contribution is -2.31. The smallest absolute Gasteiger partial charge is 0.228 e. The van der Waals surface area contributed by atoms with Crippen molar-refractivity contribution in [3.8, 4) is 11.5 Å². The van der Waals surface area contributed by atoms with Gasteiger partial charge in [0.2, 0.25) is 5.91 Å². The van der Waals surface area contributed by atoms with E-state index < -0.39 is 0 Å². The lowest BCUT2D eigenvalue weighted by atomic mass is 9.92. The molecule has 1 saturated heterocycles. The van der Waals surface area contributed by atoms with E-state index in [9.17, 15) is 4.79 Å². The first kappa shape index (κ1) is 17.8. The quantitative estimate of drug-likeness (QED) is 0.821. The Hall–Kier alpha value is -2.60. The minimum Gasteiger partial charge on any atom is -0.493 e. The Morgan fingerprint density at radius 2 is 2.15 bits per heavy atom. The number of pyridine rings is 1. The molecular weight excluding hydrogens is 342 g/mol. The number of rotatable bonds is 6. The van der Waals surface area contributed by atoms with Gasteiger partial charge in [-0.3, -0.25) is 9.78 Å². The fourth-order valence-electron chi connectivity index (χ4n) is 3.94. The highest BCUT2D eigenvalue weighted by molar-refractivity contribution is 5.95. The predicted molar refractivity (Wildman–Crippen MR) is 103 cm³/mol. The number of hydrogen-bond donors (Lipinski definition) is 2. The van der Waals surface area contributed by atoms with E-state index in [0.717, 1.165) is 43.6 Å². The van der Waals surface area contributed by atoms with Crippen LogP contribution in [-0.4, -0.2) is 31.1 Å². The molecule has 27 heavy (non-hydrogen) atoms. The Labute approximate surface area is 159 Å². The number of amides is 1. The van der Waals surface area contributed by atoms with Crippen LogP contribution in [0, 0.1) is 11.3 Å². The van der Waals surface area contributed by atoms with Gasteiger partial charge in [0.05, 0.1) is 7.11 Å². The molecule has 1 atom stereocenters. The van der Waals surface area contributed by atoms with Crippen LogP contribution in [-0.2, 0) is 11.4 Å². The normalized spacial score (nSPS) is 20.1. The summed E-state index contributed by atoms with van der Waals surface area (Å²) in [5.74, 6) is 1.48. The monoisotopic (exact) mass is 367 g/mol. The van der Waals surface area contributed by atoms with E-state index in [2.05, 4.69) is 15.6 Å². The molecule has 142 valence electrons. The third kappa shape index (κ3) is 3.90. The average molecular weight is 367 g/mol. The van der Waals surface area contributed by atoms with Crippen LogP contribution < -0.4 is 20.1 Å². The minimum absolute atomic E-state index is 0.111. The van der Waals surface area contributed by atoms with Gasteiger partial charge in [-0.15, -0.1) is 0 Å². The van der Waals surface area contributed by atoms with Crippen molar-refractivity contribution in [2.75, 3.05) is 25.5 Å². The molecule has 1 unspecified atom stereocenters. The van der Waals surface area contributed by atoms with Gasteiger partial charge in [-0.25, -0.2) is 0 Å². The van der Waals surface area contributed by atoms with Crippen LogP contribution in [0.1, 0.15) is 24.8 Å². The van der Waals surface area contributed by atoms with Gasteiger partial charge in [-0.05, 0) is 56.0 Å². The second-order valence-corrected chi connectivity index (χ2v) is 7.37. The first-order chi connectivity index (χ1) is 13.2. The second-order valence-electron chi connectivity index (χ2n) is 7.37. The number of carbonyl (C=O) groups is 1. The maximum absolute atomic E-state index is 12.7. The summed E-state index contributed by atoms with van der Waals surface area (Å²) in [5.41, 5.74) is 1.93. The minimum atomic E-state index is 0.111. The molecular formula is C21H25N3O3. The molecule has 0 bridgehead atoms. The van der Waals surface area contributed by atoms with Crippen molar-refractivity contribution in [1.29, 1.82) is 0 Å². The molecule has 2 aromatic rings. The summed E-state index contributed by atoms with van der Waals surface area (Å²) in [4.78, 5) is 16.8. The van der Waals surface area contributed by atoms with Gasteiger partial charge in [0, 0.05) is 35.6 Å². The van der Waals surface area contributed by atoms with E-state index in [-0.39, 0.29) is 17.2 Å². The van der Waals surface area contributed by atoms with Crippen LogP contribution in [0.25, 0.3) is 0 Å². The third-order valence-electron chi connectivity index (χ3n) is 5.65. The molecule has 1 aromatic carbocycles. The van der Waals surface area contributed by atoms with Crippen LogP contribution in [0.15, 0.2) is 42.7 Å². The third-order valence-corrected chi connectivity index (χ3v) is 5.65. The van der Waals surface area contributed by atoms with E-state index in [1.165, 1.54) is 0 Å². The molecule has 1 aliphatic carbocycles. The summed E-state index contributed by atoms with van der Waals surface area (Å²) in [7, 11) is 1.61. The van der Waals surface area contributed by atoms with Gasteiger partial charge in [0.15, 0.2) is 11.5 Å². The van der Waals surface area contributed by atoms with Gasteiger partial charge >= 0.3 is 0 Å². The van der Waals surface area contributed by atoms with E-state index in [4.69, 9.17) is 9.47 Å². The molecule has 1 aromatic heterocycles. The number of nitrogens with zero attached hydrogens (tertiary/aromatic N) is 1. The number of piperidine rings is 1. The summed E-state index contributed by atoms with van der Waals surface area (Å²) in [6.07, 6.45) is 6.68. The predicted octanol–water partition coefficient (Wildman–Crippen LogP) is 3.00. The Morgan fingerprint density at radius 1 is 1.30 bits per heavy atom. The van der Waals surface area contributed by atoms with E-state index in [1.54, 1.807) is 19.5 Å². The fraction of sp³-hybridized carbons (Fsp3) is 0.429. The van der Waals surface area contributed by atoms with Crippen molar-refractivity contribution in [2.24, 2.45) is 11.3 Å². The fourth-order valence-corrected chi connectivity index (χ4v) is 3.94. The topological polar surface area (TPSA) is 72.5 Å². The van der Waals surface area contributed by atoms with E-state index in [0.29, 0.717) is 18.1 Å². The van der Waals surface area contributed by atoms with Crippen LogP contribution in [0.4, 0.5) is 5.69 Å². The SMILES string of the molecule is COc1ccc(NC(=O)C2CC23CCNCC3)cc1OCc1cccnc1. The van der Waals surface area contributed by atoms with Crippen molar-refractivity contribution in [3.05, 3.63) is 48.3 Å². The number of anilines is 1. The molecule has 6 heteroatoms. The highest BCUT2D eigenvalue weighted by Gasteiger charge is 2.57. The maximum Gasteiger partial charge on any atom is 0.228 e. The number of carbonyl (C=O) groups excluding carboxylic acids is 1. The second kappa shape index (κ2) is 7.56. The maximum atomic E-state index is 12.7. The molecule has 4 rings (SSSR count). The summed E-state index contributed by atoms with van der Waals surface area (Å²) in [6, 6.07) is 9.33. The van der Waals surface area contributed by atoms with Crippen LogP contribution in [0.5, 0.6) is 11.5 Å². The number of ether oxygens (including phenoxy) is 2. The molecule has 1 spiro atoms. The summed E-state index contributed by atoms with van der Waals surface area (Å²) in [5, 5.41) is 6.43. The summed E-state index contributed by atoms with van der Waals surface area (Å²) < 4.78 is 11.3. The standard InChI is InChI=1S/C21H25N3O3/c1-26-18-5-4-16(11-19(18)27-14-15-3-2-8-23-13-15)24-20(25)17-12-21(17)6-9-22-10-7-21/h2-5,8,11,13,17,22H,6-7,9-10,12,14H2,1H3,(H,24,25). The molecule has 2 aliphatic rings. The zero-order valence-corrected chi connectivity index (χ0v) is 15.5. The van der Waals surface area contributed by atoms with Crippen molar-refractivity contribution in [1.82, 2.24) is 10.3 Å². The average Bonchev–Trinajstić information content (AvgIpc) is 3.40. The molecule has 0 radical (unpaired) electrons. The zero-order chi connectivity index (χ0) is 18.7. The number of nitrogens with one attached hydrogen (secondary N) is 2. The number of hydrogen-bond acceptors (Lipinski definition) is 5. The van der Waals surface area contributed by atoms with E-state index >= 15 is 0 Å². The van der Waals surface area contributed by atoms with Crippen molar-refractivity contribution in [3.63, 3.8) is 0 Å². The molecule has 2 N–H and O–H groups in total.